The van der Waals surface area contributed by atoms with Gasteiger partial charge in [-0.25, -0.2) is 0 Å². The van der Waals surface area contributed by atoms with E-state index in [1.165, 1.54) is 0 Å². The van der Waals surface area contributed by atoms with E-state index in [9.17, 15) is 13.2 Å². The van der Waals surface area contributed by atoms with Crippen LogP contribution in [0, 0.1) is 0 Å². The van der Waals surface area contributed by atoms with E-state index in [-0.39, 0.29) is 18.8 Å². The van der Waals surface area contributed by atoms with Crippen molar-refractivity contribution in [3.8, 4) is 0 Å². The first-order valence-corrected chi connectivity index (χ1v) is 3.41. The third-order valence-corrected chi connectivity index (χ3v) is 1.71. The number of rotatable bonds is 0. The lowest BCUT2D eigenvalue weighted by Gasteiger charge is -2.25. The predicted octanol–water partition coefficient (Wildman–Crippen LogP) is 2.11. The van der Waals surface area contributed by atoms with E-state index in [0.29, 0.717) is 13.0 Å². The van der Waals surface area contributed by atoms with Crippen LogP contribution in [0.3, 0.4) is 0 Å². The molecular weight excluding hydrogens is 179 g/mol. The molecule has 1 aliphatic heterocycles. The molecule has 0 aromatic carbocycles. The van der Waals surface area contributed by atoms with Gasteiger partial charge < -0.3 is 5.32 Å². The first-order chi connectivity index (χ1) is 4.61. The maximum absolute atomic E-state index is 11.9. The van der Waals surface area contributed by atoms with Crippen LogP contribution in [-0.4, -0.2) is 18.8 Å². The Morgan fingerprint density at radius 1 is 1.18 bits per heavy atom. The maximum atomic E-state index is 11.9. The average Bonchev–Trinajstić information content (AvgIpc) is 1.88. The van der Waals surface area contributed by atoms with Gasteiger partial charge in [0, 0.05) is 0 Å². The second kappa shape index (κ2) is 4.16. The van der Waals surface area contributed by atoms with Crippen molar-refractivity contribution in [1.29, 1.82) is 0 Å². The fourth-order valence-electron chi connectivity index (χ4n) is 1.13. The monoisotopic (exact) mass is 189 g/mol. The zero-order valence-corrected chi connectivity index (χ0v) is 6.76. The largest absolute Gasteiger partial charge is 0.403 e. The summed E-state index contributed by atoms with van der Waals surface area (Å²) in [6.07, 6.45) is -2.24. The second-order valence-corrected chi connectivity index (χ2v) is 2.54. The average molecular weight is 190 g/mol. The third kappa shape index (κ3) is 3.29. The van der Waals surface area contributed by atoms with E-state index >= 15 is 0 Å². The van der Waals surface area contributed by atoms with Gasteiger partial charge in [0.05, 0.1) is 0 Å². The van der Waals surface area contributed by atoms with Crippen LogP contribution >= 0.6 is 12.4 Å². The second-order valence-electron chi connectivity index (χ2n) is 2.54. The summed E-state index contributed by atoms with van der Waals surface area (Å²) < 4.78 is 35.6. The van der Waals surface area contributed by atoms with Crippen molar-refractivity contribution in [2.24, 2.45) is 0 Å². The topological polar surface area (TPSA) is 12.0 Å². The van der Waals surface area contributed by atoms with E-state index in [1.54, 1.807) is 0 Å². The number of alkyl halides is 3. The molecule has 11 heavy (non-hydrogen) atoms. The van der Waals surface area contributed by atoms with Crippen LogP contribution < -0.4 is 5.32 Å². The van der Waals surface area contributed by atoms with Crippen molar-refractivity contribution >= 4 is 12.4 Å². The zero-order valence-electron chi connectivity index (χ0n) is 5.95. The summed E-state index contributed by atoms with van der Waals surface area (Å²) in [6, 6.07) is -1.25. The zero-order chi connectivity index (χ0) is 7.61. The first-order valence-electron chi connectivity index (χ1n) is 3.41. The summed E-state index contributed by atoms with van der Waals surface area (Å²) in [7, 11) is 0. The highest BCUT2D eigenvalue weighted by Crippen LogP contribution is 2.25. The Morgan fingerprint density at radius 2 is 1.82 bits per heavy atom. The van der Waals surface area contributed by atoms with Gasteiger partial charge >= 0.3 is 6.18 Å². The van der Waals surface area contributed by atoms with Crippen LogP contribution in [0.15, 0.2) is 0 Å². The molecule has 0 aromatic rings. The Balaban J connectivity index is 0.000001000. The molecule has 0 saturated carbocycles. The van der Waals surface area contributed by atoms with Crippen LogP contribution in [0.1, 0.15) is 19.3 Å². The summed E-state index contributed by atoms with van der Waals surface area (Å²) in [5, 5.41) is 2.43. The molecule has 1 N–H and O–H groups in total. The Hall–Kier alpha value is 0.0400. The van der Waals surface area contributed by atoms with E-state index in [0.717, 1.165) is 6.42 Å². The van der Waals surface area contributed by atoms with Gasteiger partial charge in [-0.3, -0.25) is 0 Å². The molecule has 1 rings (SSSR count). The molecule has 0 aromatic heterocycles. The lowest BCUT2D eigenvalue weighted by Crippen LogP contribution is -2.45. The number of nitrogens with one attached hydrogen (secondary N) is 1. The quantitative estimate of drug-likeness (QED) is 0.616. The SMILES string of the molecule is Cl.FC(F)(F)[C@@H]1CCCCN1. The predicted molar refractivity (Wildman–Crippen MR) is 38.9 cm³/mol. The number of hydrogen-bond acceptors (Lipinski definition) is 1. The fourth-order valence-corrected chi connectivity index (χ4v) is 1.13. The smallest absolute Gasteiger partial charge is 0.306 e. The van der Waals surface area contributed by atoms with Crippen LogP contribution in [0.5, 0.6) is 0 Å². The van der Waals surface area contributed by atoms with Crippen molar-refractivity contribution in [3.05, 3.63) is 0 Å². The van der Waals surface area contributed by atoms with Gasteiger partial charge in [0.25, 0.3) is 0 Å². The standard InChI is InChI=1S/C6H10F3N.ClH/c7-6(8,9)5-3-1-2-4-10-5;/h5,10H,1-4H2;1H/t5-;/m0./s1. The molecule has 0 unspecified atom stereocenters. The summed E-state index contributed by atoms with van der Waals surface area (Å²) in [5.74, 6) is 0. The molecular formula is C6H11ClF3N. The van der Waals surface area contributed by atoms with Crippen molar-refractivity contribution < 1.29 is 13.2 Å². The fraction of sp³-hybridized carbons (Fsp3) is 1.00. The summed E-state index contributed by atoms with van der Waals surface area (Å²) in [4.78, 5) is 0. The minimum Gasteiger partial charge on any atom is -0.306 e. The van der Waals surface area contributed by atoms with Gasteiger partial charge in [0.2, 0.25) is 0 Å². The van der Waals surface area contributed by atoms with Gasteiger partial charge in [0.1, 0.15) is 6.04 Å². The highest BCUT2D eigenvalue weighted by Gasteiger charge is 2.39. The van der Waals surface area contributed by atoms with Crippen LogP contribution in [-0.2, 0) is 0 Å². The molecule has 1 atom stereocenters. The number of piperidine rings is 1. The molecule has 0 bridgehead atoms. The van der Waals surface area contributed by atoms with Gasteiger partial charge in [0.15, 0.2) is 0 Å². The Labute approximate surface area is 69.8 Å². The van der Waals surface area contributed by atoms with Crippen LogP contribution in [0.25, 0.3) is 0 Å². The number of hydrogen-bond donors (Lipinski definition) is 1. The molecule has 0 aliphatic carbocycles. The van der Waals surface area contributed by atoms with Crippen molar-refractivity contribution in [2.45, 2.75) is 31.5 Å². The van der Waals surface area contributed by atoms with E-state index in [4.69, 9.17) is 0 Å². The lowest BCUT2D eigenvalue weighted by molar-refractivity contribution is -0.160. The van der Waals surface area contributed by atoms with E-state index in [2.05, 4.69) is 5.32 Å². The lowest BCUT2D eigenvalue weighted by atomic mass is 10.1. The van der Waals surface area contributed by atoms with Crippen LogP contribution in [0.4, 0.5) is 13.2 Å². The Kier molecular flexibility index (Phi) is 4.18. The van der Waals surface area contributed by atoms with Gasteiger partial charge in [-0.15, -0.1) is 12.4 Å². The molecule has 5 heteroatoms. The Morgan fingerprint density at radius 3 is 2.09 bits per heavy atom. The molecule has 68 valence electrons. The molecule has 0 amide bonds. The van der Waals surface area contributed by atoms with Crippen molar-refractivity contribution in [1.82, 2.24) is 5.32 Å². The highest BCUT2D eigenvalue weighted by molar-refractivity contribution is 5.85. The molecule has 1 fully saturated rings. The van der Waals surface area contributed by atoms with Crippen molar-refractivity contribution in [3.63, 3.8) is 0 Å². The summed E-state index contributed by atoms with van der Waals surface area (Å²) in [5.41, 5.74) is 0. The van der Waals surface area contributed by atoms with Crippen LogP contribution in [0.2, 0.25) is 0 Å². The van der Waals surface area contributed by atoms with E-state index < -0.39 is 12.2 Å². The first kappa shape index (κ1) is 11.0. The minimum atomic E-state index is -4.04. The third-order valence-electron chi connectivity index (χ3n) is 1.71. The highest BCUT2D eigenvalue weighted by atomic mass is 35.5. The molecule has 1 nitrogen and oxygen atoms in total. The maximum Gasteiger partial charge on any atom is 0.403 e. The van der Waals surface area contributed by atoms with Gasteiger partial charge in [-0.05, 0) is 19.4 Å². The summed E-state index contributed by atoms with van der Waals surface area (Å²) >= 11 is 0. The number of halogens is 4. The van der Waals surface area contributed by atoms with E-state index in [1.807, 2.05) is 0 Å². The molecule has 1 aliphatic rings. The summed E-state index contributed by atoms with van der Waals surface area (Å²) in [6.45, 7) is 0.504. The Bertz CT molecular complexity index is 109. The van der Waals surface area contributed by atoms with Gasteiger partial charge in [-0.2, -0.15) is 13.2 Å². The molecule has 0 spiro atoms. The molecule has 1 saturated heterocycles. The molecule has 1 heterocycles. The normalized spacial score (nSPS) is 25.9. The molecule has 0 radical (unpaired) electrons. The minimum absolute atomic E-state index is 0. The van der Waals surface area contributed by atoms with Crippen molar-refractivity contribution in [2.75, 3.05) is 6.54 Å². The van der Waals surface area contributed by atoms with Gasteiger partial charge in [-0.1, -0.05) is 6.42 Å².